The highest BCUT2D eigenvalue weighted by molar-refractivity contribution is 5.35. The van der Waals surface area contributed by atoms with Crippen LogP contribution >= 0.6 is 0 Å². The Labute approximate surface area is 84.7 Å². The summed E-state index contributed by atoms with van der Waals surface area (Å²) in [5.41, 5.74) is 1.26. The Morgan fingerprint density at radius 1 is 0.786 bits per heavy atom. The maximum Gasteiger partial charge on any atom is 0.158 e. The van der Waals surface area contributed by atoms with Gasteiger partial charge >= 0.3 is 0 Å². The van der Waals surface area contributed by atoms with E-state index in [2.05, 4.69) is 0 Å². The first-order valence-electron chi connectivity index (χ1n) is 5.22. The molecule has 14 heavy (non-hydrogen) atoms. The minimum absolute atomic E-state index is 0.106. The Balaban J connectivity index is 3.07. The Hall–Kier alpha value is -0.660. The zero-order valence-electron chi connectivity index (χ0n) is 9.32. The van der Waals surface area contributed by atoms with Gasteiger partial charge in [-0.25, -0.2) is 8.78 Å². The monoisotopic (exact) mass is 200 g/mol. The van der Waals surface area contributed by atoms with Crippen molar-refractivity contribution in [2.75, 3.05) is 0 Å². The van der Waals surface area contributed by atoms with Crippen molar-refractivity contribution in [3.05, 3.63) is 22.8 Å². The van der Waals surface area contributed by atoms with Crippen LogP contribution in [-0.4, -0.2) is 0 Å². The number of halogens is 2. The Morgan fingerprint density at radius 3 is 1.29 bits per heavy atom. The molecular weight excluding hydrogens is 182 g/mol. The molecule has 0 aromatic carbocycles. The molecule has 0 spiro atoms. The molecule has 80 valence electrons. The average Bonchev–Trinajstić information content (AvgIpc) is 2.08. The van der Waals surface area contributed by atoms with Crippen molar-refractivity contribution in [2.45, 2.75) is 40.5 Å². The summed E-state index contributed by atoms with van der Waals surface area (Å²) < 4.78 is 27.1. The summed E-state index contributed by atoms with van der Waals surface area (Å²) in [7, 11) is 0. The molecule has 0 aromatic heterocycles. The second-order valence-electron chi connectivity index (χ2n) is 4.49. The highest BCUT2D eigenvalue weighted by atomic mass is 19.2. The van der Waals surface area contributed by atoms with Crippen molar-refractivity contribution < 1.29 is 8.78 Å². The molecule has 1 aliphatic rings. The van der Waals surface area contributed by atoms with Gasteiger partial charge in [-0.2, -0.15) is 0 Å². The fourth-order valence-corrected chi connectivity index (χ4v) is 1.85. The summed E-state index contributed by atoms with van der Waals surface area (Å²) >= 11 is 0. The molecule has 0 atom stereocenters. The third kappa shape index (κ3) is 2.05. The van der Waals surface area contributed by atoms with Crippen LogP contribution in [0.1, 0.15) is 40.5 Å². The van der Waals surface area contributed by atoms with E-state index in [0.717, 1.165) is 0 Å². The Kier molecular flexibility index (Phi) is 3.46. The normalized spacial score (nSPS) is 18.9. The van der Waals surface area contributed by atoms with Crippen LogP contribution in [0.25, 0.3) is 0 Å². The molecule has 0 aliphatic heterocycles. The molecule has 0 amide bonds. The zero-order chi connectivity index (χ0) is 10.9. The topological polar surface area (TPSA) is 0 Å². The Morgan fingerprint density at radius 2 is 1.07 bits per heavy atom. The van der Waals surface area contributed by atoms with Gasteiger partial charge in [-0.3, -0.25) is 0 Å². The van der Waals surface area contributed by atoms with Crippen molar-refractivity contribution >= 4 is 0 Å². The molecule has 0 saturated heterocycles. The number of rotatable bonds is 2. The largest absolute Gasteiger partial charge is 0.204 e. The SMILES string of the molecule is CC(C)C1=C(F)C(F)=C(C(C)C)CC1. The molecule has 1 aliphatic carbocycles. The molecule has 0 bridgehead atoms. The lowest BCUT2D eigenvalue weighted by molar-refractivity contribution is 0.471. The van der Waals surface area contributed by atoms with Gasteiger partial charge < -0.3 is 0 Å². The van der Waals surface area contributed by atoms with Crippen LogP contribution in [0, 0.1) is 11.8 Å². The van der Waals surface area contributed by atoms with E-state index in [1.165, 1.54) is 0 Å². The number of hydrogen-bond acceptors (Lipinski definition) is 0. The second-order valence-corrected chi connectivity index (χ2v) is 4.49. The molecule has 0 heterocycles. The first-order valence-corrected chi connectivity index (χ1v) is 5.22. The van der Waals surface area contributed by atoms with E-state index in [9.17, 15) is 8.78 Å². The summed E-state index contributed by atoms with van der Waals surface area (Å²) in [5.74, 6) is -0.992. The van der Waals surface area contributed by atoms with Crippen LogP contribution in [0.5, 0.6) is 0 Å². The summed E-state index contributed by atoms with van der Waals surface area (Å²) in [6.07, 6.45) is 1.34. The van der Waals surface area contributed by atoms with Gasteiger partial charge in [0.05, 0.1) is 0 Å². The molecule has 2 heteroatoms. The highest BCUT2D eigenvalue weighted by Gasteiger charge is 2.24. The number of hydrogen-bond donors (Lipinski definition) is 0. The zero-order valence-corrected chi connectivity index (χ0v) is 9.32. The lowest BCUT2D eigenvalue weighted by Crippen LogP contribution is -2.09. The smallest absolute Gasteiger partial charge is 0.158 e. The molecule has 0 saturated carbocycles. The van der Waals surface area contributed by atoms with Crippen LogP contribution in [0.4, 0.5) is 8.78 Å². The van der Waals surface area contributed by atoms with E-state index in [1.54, 1.807) is 0 Å². The average molecular weight is 200 g/mol. The molecule has 0 radical (unpaired) electrons. The van der Waals surface area contributed by atoms with Crippen molar-refractivity contribution in [3.8, 4) is 0 Å². The minimum Gasteiger partial charge on any atom is -0.204 e. The lowest BCUT2D eigenvalue weighted by Gasteiger charge is -2.22. The van der Waals surface area contributed by atoms with E-state index in [0.29, 0.717) is 24.0 Å². The predicted octanol–water partition coefficient (Wildman–Crippen LogP) is 4.54. The van der Waals surface area contributed by atoms with E-state index in [-0.39, 0.29) is 11.8 Å². The van der Waals surface area contributed by atoms with Crippen LogP contribution in [0.15, 0.2) is 22.8 Å². The maximum atomic E-state index is 13.5. The molecule has 0 fully saturated rings. The van der Waals surface area contributed by atoms with Gasteiger partial charge in [0.15, 0.2) is 11.7 Å². The van der Waals surface area contributed by atoms with Gasteiger partial charge in [0.2, 0.25) is 0 Å². The highest BCUT2D eigenvalue weighted by Crippen LogP contribution is 2.38. The van der Waals surface area contributed by atoms with E-state index < -0.39 is 11.7 Å². The van der Waals surface area contributed by atoms with Crippen molar-refractivity contribution in [1.29, 1.82) is 0 Å². The van der Waals surface area contributed by atoms with Gasteiger partial charge in [-0.15, -0.1) is 0 Å². The molecule has 0 N–H and O–H groups in total. The van der Waals surface area contributed by atoms with Gasteiger partial charge in [-0.05, 0) is 35.8 Å². The predicted molar refractivity (Wildman–Crippen MR) is 55.2 cm³/mol. The molecule has 1 rings (SSSR count). The van der Waals surface area contributed by atoms with Crippen molar-refractivity contribution in [2.24, 2.45) is 11.8 Å². The van der Waals surface area contributed by atoms with Crippen LogP contribution < -0.4 is 0 Å². The molecular formula is C12H18F2. The van der Waals surface area contributed by atoms with Gasteiger partial charge in [0, 0.05) is 0 Å². The van der Waals surface area contributed by atoms with Crippen LogP contribution in [0.2, 0.25) is 0 Å². The second kappa shape index (κ2) is 4.24. The summed E-state index contributed by atoms with van der Waals surface area (Å²) in [6.45, 7) is 7.62. The maximum absolute atomic E-state index is 13.5. The first-order chi connectivity index (χ1) is 6.45. The van der Waals surface area contributed by atoms with Crippen LogP contribution in [0.3, 0.4) is 0 Å². The number of allylic oxidation sites excluding steroid dienone is 4. The summed E-state index contributed by atoms with van der Waals surface area (Å²) in [6, 6.07) is 0. The van der Waals surface area contributed by atoms with Gasteiger partial charge in [-0.1, -0.05) is 27.7 Å². The Bertz CT molecular complexity index is 253. The van der Waals surface area contributed by atoms with Gasteiger partial charge in [0.25, 0.3) is 0 Å². The third-order valence-electron chi connectivity index (χ3n) is 2.81. The van der Waals surface area contributed by atoms with Gasteiger partial charge in [0.1, 0.15) is 0 Å². The van der Waals surface area contributed by atoms with E-state index in [1.807, 2.05) is 27.7 Å². The van der Waals surface area contributed by atoms with Crippen molar-refractivity contribution in [3.63, 3.8) is 0 Å². The van der Waals surface area contributed by atoms with E-state index in [4.69, 9.17) is 0 Å². The summed E-state index contributed by atoms with van der Waals surface area (Å²) in [4.78, 5) is 0. The fourth-order valence-electron chi connectivity index (χ4n) is 1.85. The minimum atomic E-state index is -0.602. The lowest BCUT2D eigenvalue weighted by atomic mass is 9.86. The van der Waals surface area contributed by atoms with Crippen LogP contribution in [-0.2, 0) is 0 Å². The summed E-state index contributed by atoms with van der Waals surface area (Å²) in [5, 5.41) is 0. The molecule has 0 nitrogen and oxygen atoms in total. The quantitative estimate of drug-likeness (QED) is 0.614. The van der Waals surface area contributed by atoms with Crippen molar-refractivity contribution in [1.82, 2.24) is 0 Å². The molecule has 0 aromatic rings. The van der Waals surface area contributed by atoms with E-state index >= 15 is 0 Å². The third-order valence-corrected chi connectivity index (χ3v) is 2.81. The fraction of sp³-hybridized carbons (Fsp3) is 0.667. The standard InChI is InChI=1S/C12H18F2/c1-7(2)9-5-6-10(8(3)4)12(14)11(9)13/h7-8H,5-6H2,1-4H3. The molecule has 0 unspecified atom stereocenters. The first kappa shape index (κ1) is 11.4.